The van der Waals surface area contributed by atoms with Crippen LogP contribution in [0.25, 0.3) is 0 Å². The quantitative estimate of drug-likeness (QED) is 0.327. The van der Waals surface area contributed by atoms with Gasteiger partial charge in [-0.15, -0.1) is 0 Å². The van der Waals surface area contributed by atoms with Crippen molar-refractivity contribution in [1.82, 2.24) is 19.9 Å². The minimum atomic E-state index is 0.0321. The van der Waals surface area contributed by atoms with Crippen molar-refractivity contribution in [2.75, 3.05) is 22.5 Å². The average molecular weight is 488 g/mol. The zero-order valence-corrected chi connectivity index (χ0v) is 20.6. The fraction of sp³-hybridized carbons (Fsp3) is 0.458. The number of aromatic amines is 1. The molecule has 9 heteroatoms. The van der Waals surface area contributed by atoms with Crippen molar-refractivity contribution < 1.29 is 0 Å². The Labute approximate surface area is 205 Å². The van der Waals surface area contributed by atoms with Crippen molar-refractivity contribution in [3.63, 3.8) is 0 Å². The highest BCUT2D eigenvalue weighted by Crippen LogP contribution is 2.35. The summed E-state index contributed by atoms with van der Waals surface area (Å²) in [4.78, 5) is 19.0. The van der Waals surface area contributed by atoms with E-state index in [0.29, 0.717) is 27.9 Å². The maximum atomic E-state index is 6.50. The largest absolute Gasteiger partial charge is 0.368 e. The number of nitrogens with two attached hydrogens (primary N) is 1. The average Bonchev–Trinajstić information content (AvgIpc) is 3.34. The summed E-state index contributed by atoms with van der Waals surface area (Å²) < 4.78 is 0. The van der Waals surface area contributed by atoms with Crippen LogP contribution in [-0.2, 0) is 0 Å². The van der Waals surface area contributed by atoms with E-state index >= 15 is 0 Å². The minimum absolute atomic E-state index is 0.0321. The molecule has 1 atom stereocenters. The first-order valence-electron chi connectivity index (χ1n) is 11.6. The Hall–Kier alpha value is -2.51. The molecule has 1 saturated carbocycles. The van der Waals surface area contributed by atoms with E-state index in [0.717, 1.165) is 29.9 Å². The second kappa shape index (κ2) is 10.6. The first-order valence-corrected chi connectivity index (χ1v) is 12.3. The van der Waals surface area contributed by atoms with Crippen LogP contribution in [0.1, 0.15) is 62.7 Å². The molecule has 0 bridgehead atoms. The van der Waals surface area contributed by atoms with Gasteiger partial charge in [-0.1, -0.05) is 49.4 Å². The van der Waals surface area contributed by atoms with Crippen LogP contribution >= 0.6 is 23.2 Å². The molecular formula is C24H31Cl2N7. The Morgan fingerprint density at radius 2 is 1.88 bits per heavy atom. The van der Waals surface area contributed by atoms with E-state index < -0.39 is 0 Å². The normalized spacial score (nSPS) is 15.4. The highest BCUT2D eigenvalue weighted by atomic mass is 35.5. The van der Waals surface area contributed by atoms with Crippen molar-refractivity contribution in [3.05, 3.63) is 51.8 Å². The van der Waals surface area contributed by atoms with Gasteiger partial charge in [0.1, 0.15) is 0 Å². The van der Waals surface area contributed by atoms with E-state index in [4.69, 9.17) is 33.9 Å². The van der Waals surface area contributed by atoms with Gasteiger partial charge >= 0.3 is 0 Å². The monoisotopic (exact) mass is 487 g/mol. The zero-order valence-electron chi connectivity index (χ0n) is 19.1. The lowest BCUT2D eigenvalue weighted by molar-refractivity contribution is 0.364. The number of nitrogen functional groups attached to an aromatic ring is 1. The summed E-state index contributed by atoms with van der Waals surface area (Å²) in [6.07, 6.45) is 8.91. The van der Waals surface area contributed by atoms with Gasteiger partial charge in [-0.3, -0.25) is 0 Å². The summed E-state index contributed by atoms with van der Waals surface area (Å²) >= 11 is 13.0. The molecule has 176 valence electrons. The fourth-order valence-corrected chi connectivity index (χ4v) is 4.88. The van der Waals surface area contributed by atoms with Gasteiger partial charge in [0.2, 0.25) is 17.8 Å². The van der Waals surface area contributed by atoms with E-state index in [1.807, 2.05) is 37.4 Å². The minimum Gasteiger partial charge on any atom is -0.368 e. The molecular weight excluding hydrogens is 457 g/mol. The van der Waals surface area contributed by atoms with Gasteiger partial charge < -0.3 is 20.9 Å². The van der Waals surface area contributed by atoms with Gasteiger partial charge in [0.25, 0.3) is 0 Å². The van der Waals surface area contributed by atoms with Gasteiger partial charge in [-0.2, -0.15) is 15.0 Å². The first kappa shape index (κ1) is 23.6. The van der Waals surface area contributed by atoms with Crippen molar-refractivity contribution in [2.24, 2.45) is 5.92 Å². The van der Waals surface area contributed by atoms with Crippen molar-refractivity contribution in [1.29, 1.82) is 0 Å². The number of hydrogen-bond acceptors (Lipinski definition) is 6. The number of hydrogen-bond donors (Lipinski definition) is 3. The summed E-state index contributed by atoms with van der Waals surface area (Å²) in [6.45, 7) is 4.79. The summed E-state index contributed by atoms with van der Waals surface area (Å²) in [5.74, 6) is 1.64. The predicted molar refractivity (Wildman–Crippen MR) is 136 cm³/mol. The van der Waals surface area contributed by atoms with E-state index in [1.54, 1.807) is 0 Å². The van der Waals surface area contributed by atoms with Crippen LogP contribution in [0.2, 0.25) is 10.0 Å². The van der Waals surface area contributed by atoms with E-state index in [9.17, 15) is 0 Å². The molecule has 1 aromatic carbocycles. The second-order valence-corrected chi connectivity index (χ2v) is 9.51. The molecule has 2 aromatic heterocycles. The fourth-order valence-electron chi connectivity index (χ4n) is 4.40. The number of H-pyrrole nitrogens is 1. The molecule has 0 spiro atoms. The van der Waals surface area contributed by atoms with Crippen LogP contribution in [-0.4, -0.2) is 26.5 Å². The smallest absolute Gasteiger partial charge is 0.236 e. The van der Waals surface area contributed by atoms with E-state index in [2.05, 4.69) is 32.1 Å². The molecule has 1 aliphatic rings. The van der Waals surface area contributed by atoms with Crippen molar-refractivity contribution in [2.45, 2.75) is 58.4 Å². The Morgan fingerprint density at radius 3 is 2.52 bits per heavy atom. The van der Waals surface area contributed by atoms with Gasteiger partial charge in [0.05, 0.1) is 6.04 Å². The molecule has 1 aliphatic carbocycles. The molecule has 0 radical (unpaired) electrons. The highest BCUT2D eigenvalue weighted by molar-refractivity contribution is 6.36. The molecule has 4 rings (SSSR count). The number of nitrogens with zero attached hydrogens (tertiary/aromatic N) is 4. The Balaban J connectivity index is 1.70. The molecule has 0 aliphatic heterocycles. The lowest BCUT2D eigenvalue weighted by Gasteiger charge is -2.30. The molecule has 1 unspecified atom stereocenters. The molecule has 33 heavy (non-hydrogen) atoms. The zero-order chi connectivity index (χ0) is 23.4. The SMILES string of the molecule is CCC(Nc1nc(N)nc(N(CC2CCCCC2)c2cc(Cl)c(C)c(Cl)c2)n1)c1ccc[nH]1. The summed E-state index contributed by atoms with van der Waals surface area (Å²) in [6, 6.07) is 7.89. The number of halogens is 2. The van der Waals surface area contributed by atoms with Crippen LogP contribution in [0.5, 0.6) is 0 Å². The Bertz CT molecular complexity index is 1040. The molecule has 1 fully saturated rings. The third kappa shape index (κ3) is 5.71. The molecule has 0 saturated heterocycles. The van der Waals surface area contributed by atoms with Crippen LogP contribution in [0.4, 0.5) is 23.5 Å². The standard InChI is InChI=1S/C24H31Cl2N7/c1-3-20(21-10-7-11-28-21)29-23-30-22(27)31-24(32-23)33(14-16-8-5-4-6-9-16)17-12-18(25)15(2)19(26)13-17/h7,10-13,16,20,28H,3-6,8-9,14H2,1-2H3,(H3,27,29,30,31,32). The van der Waals surface area contributed by atoms with Gasteiger partial charge in [-0.25, -0.2) is 0 Å². The number of aromatic nitrogens is 4. The second-order valence-electron chi connectivity index (χ2n) is 8.70. The van der Waals surface area contributed by atoms with Gasteiger partial charge in [0, 0.05) is 34.2 Å². The third-order valence-corrected chi connectivity index (χ3v) is 7.12. The molecule has 4 N–H and O–H groups in total. The summed E-state index contributed by atoms with van der Waals surface area (Å²) in [7, 11) is 0. The van der Waals surface area contributed by atoms with Gasteiger partial charge in [-0.05, 0) is 61.9 Å². The number of rotatable bonds is 8. The lowest BCUT2D eigenvalue weighted by atomic mass is 9.89. The number of anilines is 4. The molecule has 7 nitrogen and oxygen atoms in total. The maximum Gasteiger partial charge on any atom is 0.236 e. The van der Waals surface area contributed by atoms with Gasteiger partial charge in [0.15, 0.2) is 0 Å². The van der Waals surface area contributed by atoms with Crippen LogP contribution in [0.15, 0.2) is 30.5 Å². The maximum absolute atomic E-state index is 6.50. The topological polar surface area (TPSA) is 95.8 Å². The van der Waals surface area contributed by atoms with E-state index in [1.165, 1.54) is 32.1 Å². The molecule has 3 aromatic rings. The Kier molecular flexibility index (Phi) is 7.60. The van der Waals surface area contributed by atoms with Crippen molar-refractivity contribution in [3.8, 4) is 0 Å². The third-order valence-electron chi connectivity index (χ3n) is 6.33. The number of benzene rings is 1. The van der Waals surface area contributed by atoms with Crippen LogP contribution < -0.4 is 16.0 Å². The van der Waals surface area contributed by atoms with E-state index in [-0.39, 0.29) is 12.0 Å². The van der Waals surface area contributed by atoms with Crippen LogP contribution in [0, 0.1) is 12.8 Å². The summed E-state index contributed by atoms with van der Waals surface area (Å²) in [5, 5.41) is 4.63. The highest BCUT2D eigenvalue weighted by Gasteiger charge is 2.23. The number of nitrogens with one attached hydrogen (secondary N) is 2. The Morgan fingerprint density at radius 1 is 1.15 bits per heavy atom. The lowest BCUT2D eigenvalue weighted by Crippen LogP contribution is -2.29. The molecule has 0 amide bonds. The van der Waals surface area contributed by atoms with Crippen molar-refractivity contribution >= 4 is 46.7 Å². The molecule has 2 heterocycles. The van der Waals surface area contributed by atoms with Crippen LogP contribution in [0.3, 0.4) is 0 Å². The summed E-state index contributed by atoms with van der Waals surface area (Å²) in [5.41, 5.74) is 8.91. The predicted octanol–water partition coefficient (Wildman–Crippen LogP) is 6.68. The first-order chi connectivity index (χ1) is 15.9.